The molecular formula is C12H10ClN3O3S. The molecule has 2 rings (SSSR count). The van der Waals surface area contributed by atoms with E-state index in [0.29, 0.717) is 13.0 Å². The van der Waals surface area contributed by atoms with Crippen molar-refractivity contribution < 1.29 is 9.72 Å². The minimum atomic E-state index is -0.705. The summed E-state index contributed by atoms with van der Waals surface area (Å²) in [5.41, 5.74) is 0.556. The molecule has 0 aliphatic carbocycles. The SMILES string of the molecule is O=C(NCCc1ccsc1)c1ccnc(Cl)c1[N+](=O)[O-]. The Kier molecular flexibility index (Phi) is 4.65. The molecule has 1 N–H and O–H groups in total. The van der Waals surface area contributed by atoms with Crippen LogP contribution in [0.15, 0.2) is 29.1 Å². The molecule has 20 heavy (non-hydrogen) atoms. The first-order valence-electron chi connectivity index (χ1n) is 5.67. The van der Waals surface area contributed by atoms with Crippen molar-refractivity contribution in [2.24, 2.45) is 0 Å². The van der Waals surface area contributed by atoms with Crippen LogP contribution in [0.25, 0.3) is 0 Å². The van der Waals surface area contributed by atoms with Crippen molar-refractivity contribution in [3.63, 3.8) is 0 Å². The van der Waals surface area contributed by atoms with Gasteiger partial charge in [-0.25, -0.2) is 4.98 Å². The minimum Gasteiger partial charge on any atom is -0.351 e. The monoisotopic (exact) mass is 311 g/mol. The van der Waals surface area contributed by atoms with Crippen LogP contribution in [0.5, 0.6) is 0 Å². The Morgan fingerprint density at radius 2 is 2.30 bits per heavy atom. The van der Waals surface area contributed by atoms with E-state index in [1.807, 2.05) is 16.8 Å². The van der Waals surface area contributed by atoms with E-state index in [2.05, 4.69) is 10.3 Å². The first kappa shape index (κ1) is 14.4. The van der Waals surface area contributed by atoms with Crippen molar-refractivity contribution >= 4 is 34.5 Å². The van der Waals surface area contributed by atoms with E-state index in [1.165, 1.54) is 12.3 Å². The summed E-state index contributed by atoms with van der Waals surface area (Å²) in [6.45, 7) is 0.395. The highest BCUT2D eigenvalue weighted by Gasteiger charge is 2.24. The molecule has 2 aromatic rings. The second kappa shape index (κ2) is 6.44. The van der Waals surface area contributed by atoms with E-state index in [4.69, 9.17) is 11.6 Å². The zero-order valence-electron chi connectivity index (χ0n) is 10.2. The molecule has 0 bridgehead atoms. The fourth-order valence-electron chi connectivity index (χ4n) is 1.64. The number of carbonyl (C=O) groups excluding carboxylic acids is 1. The maximum atomic E-state index is 12.0. The number of pyridine rings is 1. The molecule has 0 unspecified atom stereocenters. The summed E-state index contributed by atoms with van der Waals surface area (Å²) >= 11 is 7.23. The molecule has 0 atom stereocenters. The van der Waals surface area contributed by atoms with Crippen molar-refractivity contribution in [3.8, 4) is 0 Å². The van der Waals surface area contributed by atoms with Gasteiger partial charge in [0.25, 0.3) is 5.91 Å². The van der Waals surface area contributed by atoms with Gasteiger partial charge in [-0.2, -0.15) is 11.3 Å². The van der Waals surface area contributed by atoms with Crippen LogP contribution in [-0.2, 0) is 6.42 Å². The number of nitrogens with one attached hydrogen (secondary N) is 1. The molecule has 0 aromatic carbocycles. The zero-order valence-corrected chi connectivity index (χ0v) is 11.8. The molecular weight excluding hydrogens is 302 g/mol. The summed E-state index contributed by atoms with van der Waals surface area (Å²) in [7, 11) is 0. The predicted molar refractivity (Wildman–Crippen MR) is 76.3 cm³/mol. The Hall–Kier alpha value is -1.99. The molecule has 6 nitrogen and oxygen atoms in total. The van der Waals surface area contributed by atoms with Gasteiger partial charge in [0.1, 0.15) is 5.56 Å². The van der Waals surface area contributed by atoms with Gasteiger partial charge in [-0.05, 0) is 34.9 Å². The summed E-state index contributed by atoms with van der Waals surface area (Å²) in [5.74, 6) is -0.531. The molecule has 0 saturated carbocycles. The van der Waals surface area contributed by atoms with Crippen molar-refractivity contribution in [2.75, 3.05) is 6.54 Å². The minimum absolute atomic E-state index is 0.0830. The highest BCUT2D eigenvalue weighted by atomic mass is 35.5. The van der Waals surface area contributed by atoms with Crippen LogP contribution in [0.2, 0.25) is 5.15 Å². The smallest absolute Gasteiger partial charge is 0.319 e. The highest BCUT2D eigenvalue weighted by molar-refractivity contribution is 7.07. The van der Waals surface area contributed by atoms with Gasteiger partial charge in [-0.3, -0.25) is 14.9 Å². The van der Waals surface area contributed by atoms with E-state index < -0.39 is 16.5 Å². The number of thiophene rings is 1. The number of rotatable bonds is 5. The van der Waals surface area contributed by atoms with Gasteiger partial charge >= 0.3 is 5.69 Å². The zero-order chi connectivity index (χ0) is 14.5. The van der Waals surface area contributed by atoms with E-state index in [1.54, 1.807) is 11.3 Å². The van der Waals surface area contributed by atoms with Crippen molar-refractivity contribution in [2.45, 2.75) is 6.42 Å². The molecule has 0 aliphatic heterocycles. The molecule has 8 heteroatoms. The standard InChI is InChI=1S/C12H10ClN3O3S/c13-11-10(16(18)19)9(2-5-14-11)12(17)15-4-1-8-3-6-20-7-8/h2-3,5-7H,1,4H2,(H,15,17). The lowest BCUT2D eigenvalue weighted by Crippen LogP contribution is -2.26. The van der Waals surface area contributed by atoms with Crippen LogP contribution in [0.1, 0.15) is 15.9 Å². The van der Waals surface area contributed by atoms with E-state index >= 15 is 0 Å². The van der Waals surface area contributed by atoms with Crippen LogP contribution in [0.3, 0.4) is 0 Å². The molecule has 2 heterocycles. The Labute approximate surface area is 123 Å². The topological polar surface area (TPSA) is 85.1 Å². The fourth-order valence-corrected chi connectivity index (χ4v) is 2.57. The summed E-state index contributed by atoms with van der Waals surface area (Å²) in [6, 6.07) is 3.24. The maximum absolute atomic E-state index is 12.0. The second-order valence-corrected chi connectivity index (χ2v) is 5.03. The van der Waals surface area contributed by atoms with E-state index in [0.717, 1.165) is 5.56 Å². The van der Waals surface area contributed by atoms with Crippen LogP contribution >= 0.6 is 22.9 Å². The van der Waals surface area contributed by atoms with E-state index in [-0.39, 0.29) is 10.7 Å². The largest absolute Gasteiger partial charge is 0.351 e. The van der Waals surface area contributed by atoms with Gasteiger partial charge in [-0.15, -0.1) is 0 Å². The lowest BCUT2D eigenvalue weighted by atomic mass is 10.2. The second-order valence-electron chi connectivity index (χ2n) is 3.89. The average molecular weight is 312 g/mol. The van der Waals surface area contributed by atoms with Crippen molar-refractivity contribution in [1.29, 1.82) is 0 Å². The van der Waals surface area contributed by atoms with Gasteiger partial charge in [0.15, 0.2) is 0 Å². The van der Waals surface area contributed by atoms with Gasteiger partial charge in [0.05, 0.1) is 4.92 Å². The number of halogens is 1. The lowest BCUT2D eigenvalue weighted by Gasteiger charge is -2.05. The fraction of sp³-hybridized carbons (Fsp3) is 0.167. The highest BCUT2D eigenvalue weighted by Crippen LogP contribution is 2.25. The number of amides is 1. The number of hydrogen-bond acceptors (Lipinski definition) is 5. The number of nitro groups is 1. The van der Waals surface area contributed by atoms with Gasteiger partial charge in [0, 0.05) is 12.7 Å². The molecule has 1 amide bonds. The predicted octanol–water partition coefficient (Wildman–Crippen LogP) is 2.68. The molecule has 2 aromatic heterocycles. The maximum Gasteiger partial charge on any atom is 0.319 e. The normalized spacial score (nSPS) is 10.2. The van der Waals surface area contributed by atoms with Crippen molar-refractivity contribution in [1.82, 2.24) is 10.3 Å². The van der Waals surface area contributed by atoms with Crippen LogP contribution in [0, 0.1) is 10.1 Å². The molecule has 0 aliphatic rings. The molecule has 104 valence electrons. The Morgan fingerprint density at radius 3 is 2.95 bits per heavy atom. The van der Waals surface area contributed by atoms with Crippen LogP contribution < -0.4 is 5.32 Å². The number of hydrogen-bond donors (Lipinski definition) is 1. The van der Waals surface area contributed by atoms with Crippen LogP contribution in [0.4, 0.5) is 5.69 Å². The molecule has 0 saturated heterocycles. The summed E-state index contributed by atoms with van der Waals surface area (Å²) in [4.78, 5) is 25.8. The van der Waals surface area contributed by atoms with Gasteiger partial charge in [-0.1, -0.05) is 11.6 Å². The summed E-state index contributed by atoms with van der Waals surface area (Å²) in [6.07, 6.45) is 1.94. The quantitative estimate of drug-likeness (QED) is 0.522. The summed E-state index contributed by atoms with van der Waals surface area (Å²) < 4.78 is 0. The third-order valence-corrected chi connectivity index (χ3v) is 3.59. The number of nitrogens with zero attached hydrogens (tertiary/aromatic N) is 2. The third kappa shape index (κ3) is 3.31. The van der Waals surface area contributed by atoms with Crippen molar-refractivity contribution in [3.05, 3.63) is 55.5 Å². The first-order valence-corrected chi connectivity index (χ1v) is 7.00. The number of aromatic nitrogens is 1. The van der Waals surface area contributed by atoms with Gasteiger partial charge < -0.3 is 5.32 Å². The summed E-state index contributed by atoms with van der Waals surface area (Å²) in [5, 5.41) is 17.2. The van der Waals surface area contributed by atoms with Gasteiger partial charge in [0.2, 0.25) is 5.15 Å². The molecule has 0 radical (unpaired) electrons. The third-order valence-electron chi connectivity index (χ3n) is 2.59. The Bertz CT molecular complexity index is 631. The van der Waals surface area contributed by atoms with E-state index in [9.17, 15) is 14.9 Å². The molecule has 0 fully saturated rings. The number of carbonyl (C=O) groups is 1. The Balaban J connectivity index is 2.06. The lowest BCUT2D eigenvalue weighted by molar-refractivity contribution is -0.385. The average Bonchev–Trinajstić information content (AvgIpc) is 2.91. The Morgan fingerprint density at radius 1 is 1.50 bits per heavy atom. The first-order chi connectivity index (χ1) is 9.59. The van der Waals surface area contributed by atoms with Crippen LogP contribution in [-0.4, -0.2) is 22.4 Å². The molecule has 0 spiro atoms.